The van der Waals surface area contributed by atoms with Gasteiger partial charge in [0.15, 0.2) is 0 Å². The van der Waals surface area contributed by atoms with Crippen LogP contribution in [0.4, 0.5) is 5.69 Å². The fraction of sp³-hybridized carbons (Fsp3) is 0.158. The molecule has 25 heavy (non-hydrogen) atoms. The van der Waals surface area contributed by atoms with Gasteiger partial charge in [0.2, 0.25) is 0 Å². The van der Waals surface area contributed by atoms with Gasteiger partial charge >= 0.3 is 0 Å². The molecule has 6 heteroatoms. The zero-order chi connectivity index (χ0) is 18.0. The van der Waals surface area contributed by atoms with Crippen molar-refractivity contribution in [3.05, 3.63) is 59.8 Å². The molecule has 2 aromatic rings. The average Bonchev–Trinajstić information content (AvgIpc) is 2.86. The quantitative estimate of drug-likeness (QED) is 0.849. The SMILES string of the molecule is COc1ccc(NC2=C(c3ccc(OC)cc3)C(=O)N(C)C2=O)cc1. The summed E-state index contributed by atoms with van der Waals surface area (Å²) in [6.07, 6.45) is 0. The van der Waals surface area contributed by atoms with Crippen LogP contribution in [0.2, 0.25) is 0 Å². The number of hydrogen-bond donors (Lipinski definition) is 1. The van der Waals surface area contributed by atoms with Gasteiger partial charge in [-0.1, -0.05) is 12.1 Å². The van der Waals surface area contributed by atoms with Crippen molar-refractivity contribution in [2.75, 3.05) is 26.6 Å². The maximum Gasteiger partial charge on any atom is 0.277 e. The predicted molar refractivity (Wildman–Crippen MR) is 94.3 cm³/mol. The molecular weight excluding hydrogens is 320 g/mol. The number of amides is 2. The Morgan fingerprint density at radius 3 is 1.84 bits per heavy atom. The van der Waals surface area contributed by atoms with Crippen molar-refractivity contribution in [3.63, 3.8) is 0 Å². The number of ether oxygens (including phenoxy) is 2. The molecule has 0 spiro atoms. The van der Waals surface area contributed by atoms with Crippen LogP contribution in [0.1, 0.15) is 5.56 Å². The Bertz CT molecular complexity index is 839. The lowest BCUT2D eigenvalue weighted by atomic mass is 10.0. The van der Waals surface area contributed by atoms with E-state index in [0.29, 0.717) is 28.3 Å². The van der Waals surface area contributed by atoms with Crippen molar-refractivity contribution >= 4 is 23.1 Å². The van der Waals surface area contributed by atoms with E-state index in [1.807, 2.05) is 0 Å². The van der Waals surface area contributed by atoms with Gasteiger partial charge < -0.3 is 14.8 Å². The lowest BCUT2D eigenvalue weighted by Crippen LogP contribution is -2.27. The third-order valence-corrected chi connectivity index (χ3v) is 4.03. The number of nitrogens with one attached hydrogen (secondary N) is 1. The van der Waals surface area contributed by atoms with Crippen LogP contribution in [0.5, 0.6) is 11.5 Å². The highest BCUT2D eigenvalue weighted by Gasteiger charge is 2.36. The van der Waals surface area contributed by atoms with E-state index >= 15 is 0 Å². The van der Waals surface area contributed by atoms with Crippen LogP contribution in [0, 0.1) is 0 Å². The van der Waals surface area contributed by atoms with E-state index in [4.69, 9.17) is 9.47 Å². The summed E-state index contributed by atoms with van der Waals surface area (Å²) in [7, 11) is 4.63. The zero-order valence-electron chi connectivity index (χ0n) is 14.2. The Kier molecular flexibility index (Phi) is 4.43. The molecule has 1 aliphatic rings. The molecular formula is C19H18N2O4. The van der Waals surface area contributed by atoms with Crippen LogP contribution in [0.3, 0.4) is 0 Å². The van der Waals surface area contributed by atoms with Crippen LogP contribution >= 0.6 is 0 Å². The fourth-order valence-corrected chi connectivity index (χ4v) is 2.60. The molecule has 6 nitrogen and oxygen atoms in total. The number of imide groups is 1. The molecule has 0 fully saturated rings. The number of benzene rings is 2. The molecule has 1 aliphatic heterocycles. The van der Waals surface area contributed by atoms with Crippen molar-refractivity contribution in [3.8, 4) is 11.5 Å². The number of likely N-dealkylation sites (N-methyl/N-ethyl adjacent to an activating group) is 1. The minimum Gasteiger partial charge on any atom is -0.497 e. The Balaban J connectivity index is 2.01. The van der Waals surface area contributed by atoms with Gasteiger partial charge in [0.1, 0.15) is 17.2 Å². The Hall–Kier alpha value is -3.28. The second-order valence-corrected chi connectivity index (χ2v) is 5.50. The van der Waals surface area contributed by atoms with Crippen molar-refractivity contribution in [2.24, 2.45) is 0 Å². The smallest absolute Gasteiger partial charge is 0.277 e. The van der Waals surface area contributed by atoms with E-state index in [0.717, 1.165) is 4.90 Å². The first-order valence-corrected chi connectivity index (χ1v) is 7.67. The molecule has 128 valence electrons. The average molecular weight is 338 g/mol. The van der Waals surface area contributed by atoms with Gasteiger partial charge in [-0.3, -0.25) is 14.5 Å². The maximum absolute atomic E-state index is 12.5. The van der Waals surface area contributed by atoms with E-state index < -0.39 is 0 Å². The van der Waals surface area contributed by atoms with Crippen LogP contribution < -0.4 is 14.8 Å². The molecule has 0 aromatic heterocycles. The van der Waals surface area contributed by atoms with Gasteiger partial charge in [0.05, 0.1) is 19.8 Å². The van der Waals surface area contributed by atoms with E-state index in [1.165, 1.54) is 7.05 Å². The minimum atomic E-state index is -0.369. The monoisotopic (exact) mass is 338 g/mol. The molecule has 2 aromatic carbocycles. The van der Waals surface area contributed by atoms with Gasteiger partial charge in [-0.25, -0.2) is 0 Å². The molecule has 2 amide bonds. The maximum atomic E-state index is 12.5. The van der Waals surface area contributed by atoms with Gasteiger partial charge in [-0.05, 0) is 42.0 Å². The summed E-state index contributed by atoms with van der Waals surface area (Å²) in [5, 5.41) is 3.06. The molecule has 1 N–H and O–H groups in total. The van der Waals surface area contributed by atoms with Gasteiger partial charge in [-0.2, -0.15) is 0 Å². The summed E-state index contributed by atoms with van der Waals surface area (Å²) >= 11 is 0. The van der Waals surface area contributed by atoms with Crippen LogP contribution in [-0.2, 0) is 9.59 Å². The molecule has 1 heterocycles. The summed E-state index contributed by atoms with van der Waals surface area (Å²) in [5.74, 6) is 0.679. The second kappa shape index (κ2) is 6.68. The van der Waals surface area contributed by atoms with Crippen molar-refractivity contribution < 1.29 is 19.1 Å². The third kappa shape index (κ3) is 3.06. The lowest BCUT2D eigenvalue weighted by molar-refractivity contribution is -0.135. The summed E-state index contributed by atoms with van der Waals surface area (Å²) < 4.78 is 10.3. The fourth-order valence-electron chi connectivity index (χ4n) is 2.60. The Morgan fingerprint density at radius 2 is 1.32 bits per heavy atom. The van der Waals surface area contributed by atoms with Crippen molar-refractivity contribution in [1.82, 2.24) is 4.90 Å². The first-order valence-electron chi connectivity index (χ1n) is 7.67. The predicted octanol–water partition coefficient (Wildman–Crippen LogP) is 2.53. The highest BCUT2D eigenvalue weighted by Crippen LogP contribution is 2.30. The molecule has 0 bridgehead atoms. The van der Waals surface area contributed by atoms with Crippen LogP contribution in [0.25, 0.3) is 5.57 Å². The highest BCUT2D eigenvalue weighted by molar-refractivity contribution is 6.36. The molecule has 0 saturated heterocycles. The largest absolute Gasteiger partial charge is 0.497 e. The van der Waals surface area contributed by atoms with Gasteiger partial charge in [-0.15, -0.1) is 0 Å². The zero-order valence-corrected chi connectivity index (χ0v) is 14.2. The van der Waals surface area contributed by atoms with E-state index in [2.05, 4.69) is 5.32 Å². The Labute approximate surface area is 145 Å². The normalized spacial score (nSPS) is 14.1. The Morgan fingerprint density at radius 1 is 0.800 bits per heavy atom. The van der Waals surface area contributed by atoms with Crippen LogP contribution in [-0.4, -0.2) is 38.0 Å². The molecule has 0 saturated carbocycles. The molecule has 0 radical (unpaired) electrons. The number of hydrogen-bond acceptors (Lipinski definition) is 5. The number of methoxy groups -OCH3 is 2. The van der Waals surface area contributed by atoms with E-state index in [9.17, 15) is 9.59 Å². The van der Waals surface area contributed by atoms with Gasteiger partial charge in [0, 0.05) is 12.7 Å². The first kappa shape index (κ1) is 16.6. The topological polar surface area (TPSA) is 67.9 Å². The third-order valence-electron chi connectivity index (χ3n) is 4.03. The van der Waals surface area contributed by atoms with E-state index in [-0.39, 0.29) is 17.5 Å². The number of anilines is 1. The number of rotatable bonds is 5. The van der Waals surface area contributed by atoms with Crippen molar-refractivity contribution in [2.45, 2.75) is 0 Å². The number of carbonyl (C=O) groups excluding carboxylic acids is 2. The van der Waals surface area contributed by atoms with Gasteiger partial charge in [0.25, 0.3) is 11.8 Å². The summed E-state index contributed by atoms with van der Waals surface area (Å²) in [6, 6.07) is 14.2. The summed E-state index contributed by atoms with van der Waals surface area (Å²) in [6.45, 7) is 0. The van der Waals surface area contributed by atoms with E-state index in [1.54, 1.807) is 62.8 Å². The molecule has 0 unspecified atom stereocenters. The van der Waals surface area contributed by atoms with Crippen LogP contribution in [0.15, 0.2) is 54.2 Å². The minimum absolute atomic E-state index is 0.253. The lowest BCUT2D eigenvalue weighted by Gasteiger charge is -2.09. The number of nitrogens with zero attached hydrogens (tertiary/aromatic N) is 1. The number of carbonyl (C=O) groups is 2. The second-order valence-electron chi connectivity index (χ2n) is 5.50. The molecule has 0 atom stereocenters. The highest BCUT2D eigenvalue weighted by atomic mass is 16.5. The molecule has 3 rings (SSSR count). The van der Waals surface area contributed by atoms with Crippen molar-refractivity contribution in [1.29, 1.82) is 0 Å². The first-order chi connectivity index (χ1) is 12.0. The molecule has 0 aliphatic carbocycles. The summed E-state index contributed by atoms with van der Waals surface area (Å²) in [5.41, 5.74) is 1.94. The summed E-state index contributed by atoms with van der Waals surface area (Å²) in [4.78, 5) is 26.1. The standard InChI is InChI=1S/C19H18N2O4/c1-21-18(22)16(12-4-8-14(24-2)9-5-12)17(19(21)23)20-13-6-10-15(25-3)11-7-13/h4-11,20H,1-3H3.